The maximum Gasteiger partial charge on any atom is 0.472 e. The van der Waals surface area contributed by atoms with Crippen LogP contribution in [-0.2, 0) is 27.9 Å². The lowest BCUT2D eigenvalue weighted by Gasteiger charge is -2.41. The van der Waals surface area contributed by atoms with E-state index in [0.29, 0.717) is 13.0 Å². The van der Waals surface area contributed by atoms with Crippen LogP contribution in [0.1, 0.15) is 155 Å². The van der Waals surface area contributed by atoms with Crippen LogP contribution in [0, 0.1) is 0 Å². The number of unbranched alkanes of at least 4 members (excludes halogenated alkanes) is 11. The van der Waals surface area contributed by atoms with Crippen molar-refractivity contribution in [1.29, 1.82) is 0 Å². The minimum absolute atomic E-state index is 0.112. The molecule has 1 saturated carbocycles. The van der Waals surface area contributed by atoms with E-state index in [1.54, 1.807) is 0 Å². The molecular formula is C51H85O12P. The van der Waals surface area contributed by atoms with Gasteiger partial charge in [0.1, 0.15) is 42.7 Å². The van der Waals surface area contributed by atoms with Crippen molar-refractivity contribution in [1.82, 2.24) is 0 Å². The molecule has 0 heterocycles. The van der Waals surface area contributed by atoms with Crippen LogP contribution in [-0.4, -0.2) is 98.9 Å². The summed E-state index contributed by atoms with van der Waals surface area (Å²) in [5, 5.41) is 50.2. The highest BCUT2D eigenvalue weighted by molar-refractivity contribution is 7.47. The molecular weight excluding hydrogens is 836 g/mol. The molecule has 0 aromatic heterocycles. The van der Waals surface area contributed by atoms with Gasteiger partial charge in [0.15, 0.2) is 0 Å². The average molecular weight is 921 g/mol. The normalized spacial score (nSPS) is 22.6. The van der Waals surface area contributed by atoms with E-state index in [2.05, 4.69) is 111 Å². The van der Waals surface area contributed by atoms with Gasteiger partial charge in [-0.2, -0.15) is 0 Å². The second-order valence-electron chi connectivity index (χ2n) is 16.2. The van der Waals surface area contributed by atoms with E-state index in [9.17, 15) is 39.8 Å². The Balaban J connectivity index is 2.42. The smallest absolute Gasteiger partial charge is 0.457 e. The molecule has 0 amide bonds. The van der Waals surface area contributed by atoms with Gasteiger partial charge in [-0.05, 0) is 96.3 Å². The molecule has 6 unspecified atom stereocenters. The van der Waals surface area contributed by atoms with Gasteiger partial charge >= 0.3 is 13.8 Å². The van der Waals surface area contributed by atoms with E-state index in [1.807, 2.05) is 0 Å². The van der Waals surface area contributed by atoms with E-state index in [-0.39, 0.29) is 13.0 Å². The van der Waals surface area contributed by atoms with Crippen LogP contribution in [0.2, 0.25) is 0 Å². The molecule has 1 aliphatic carbocycles. The number of aliphatic hydroxyl groups excluding tert-OH is 5. The number of esters is 1. The minimum Gasteiger partial charge on any atom is -0.457 e. The topological polar surface area (TPSA) is 192 Å². The Hall–Kier alpha value is -2.74. The van der Waals surface area contributed by atoms with Gasteiger partial charge in [0.25, 0.3) is 0 Å². The van der Waals surface area contributed by atoms with Crippen molar-refractivity contribution in [3.05, 3.63) is 97.2 Å². The quantitative estimate of drug-likeness (QED) is 0.0148. The number of hydrogen-bond acceptors (Lipinski definition) is 11. The number of aliphatic hydroxyl groups is 5. The number of carbonyl (C=O) groups excluding carboxylic acids is 1. The van der Waals surface area contributed by atoms with Gasteiger partial charge in [0, 0.05) is 13.0 Å². The number of allylic oxidation sites excluding steroid dienone is 16. The van der Waals surface area contributed by atoms with Crippen molar-refractivity contribution in [3.8, 4) is 0 Å². The zero-order valence-electron chi connectivity index (χ0n) is 39.0. The standard InChI is InChI=1S/C51H85O12P/c1-3-5-7-9-11-13-15-17-19-20-21-22-23-24-25-27-29-31-33-35-37-39-41-60-42-44(43-61-64(58,59)63-51-49(56)47(54)46(53)48(55)50(51)57)62-45(52)40-38-36-34-32-30-28-26-18-16-14-12-10-8-6-4-2/h5,7,11-14,17-19,21-22,24-26,29,31,44,46-51,53-57H,3-4,6,8-10,15-16,20,23,27-28,30,32-43H2,1-2H3,(H,58,59)/b7-5-,13-11-,14-12-,19-17-,22-21-,25-24-,26-18-,31-29-. The van der Waals surface area contributed by atoms with Crippen LogP contribution in [0.25, 0.3) is 0 Å². The van der Waals surface area contributed by atoms with Crippen LogP contribution in [0.4, 0.5) is 0 Å². The third-order valence-corrected chi connectivity index (χ3v) is 11.4. The fraction of sp³-hybridized carbons (Fsp3) is 0.667. The van der Waals surface area contributed by atoms with Crippen LogP contribution in [0.15, 0.2) is 97.2 Å². The zero-order chi connectivity index (χ0) is 46.9. The van der Waals surface area contributed by atoms with Gasteiger partial charge in [-0.3, -0.25) is 13.8 Å². The molecule has 1 aliphatic rings. The van der Waals surface area contributed by atoms with E-state index >= 15 is 0 Å². The number of phosphoric ester groups is 1. The number of ether oxygens (including phenoxy) is 2. The van der Waals surface area contributed by atoms with Crippen molar-refractivity contribution >= 4 is 13.8 Å². The van der Waals surface area contributed by atoms with Gasteiger partial charge < -0.3 is 39.9 Å². The first-order valence-corrected chi connectivity index (χ1v) is 25.6. The zero-order valence-corrected chi connectivity index (χ0v) is 39.9. The fourth-order valence-corrected chi connectivity index (χ4v) is 7.59. The molecule has 0 aromatic carbocycles. The Kier molecular flexibility index (Phi) is 37.5. The van der Waals surface area contributed by atoms with Crippen LogP contribution >= 0.6 is 7.82 Å². The third-order valence-electron chi connectivity index (χ3n) is 10.4. The van der Waals surface area contributed by atoms with Gasteiger partial charge in [0.05, 0.1) is 13.2 Å². The van der Waals surface area contributed by atoms with Crippen LogP contribution < -0.4 is 0 Å². The maximum absolute atomic E-state index is 12.8. The first-order valence-electron chi connectivity index (χ1n) is 24.1. The number of carbonyl (C=O) groups is 1. The monoisotopic (exact) mass is 921 g/mol. The highest BCUT2D eigenvalue weighted by Crippen LogP contribution is 2.47. The number of hydrogen-bond donors (Lipinski definition) is 6. The van der Waals surface area contributed by atoms with Gasteiger partial charge in [-0.15, -0.1) is 0 Å². The van der Waals surface area contributed by atoms with Gasteiger partial charge in [0.2, 0.25) is 0 Å². The predicted molar refractivity (Wildman–Crippen MR) is 257 cm³/mol. The largest absolute Gasteiger partial charge is 0.472 e. The predicted octanol–water partition coefficient (Wildman–Crippen LogP) is 10.3. The second-order valence-corrected chi connectivity index (χ2v) is 17.6. The molecule has 0 aromatic rings. The molecule has 13 heteroatoms. The Bertz CT molecular complexity index is 1420. The lowest BCUT2D eigenvalue weighted by molar-refractivity contribution is -0.220. The summed E-state index contributed by atoms with van der Waals surface area (Å²) in [5.41, 5.74) is 0. The Morgan fingerprint density at radius 1 is 0.516 bits per heavy atom. The molecule has 0 bridgehead atoms. The summed E-state index contributed by atoms with van der Waals surface area (Å²) in [5.74, 6) is -0.508. The van der Waals surface area contributed by atoms with Crippen molar-refractivity contribution in [2.45, 2.75) is 198 Å². The average Bonchev–Trinajstić information content (AvgIpc) is 3.28. The summed E-state index contributed by atoms with van der Waals surface area (Å²) < 4.78 is 34.2. The molecule has 64 heavy (non-hydrogen) atoms. The van der Waals surface area contributed by atoms with Crippen molar-refractivity contribution < 1.29 is 58.3 Å². The van der Waals surface area contributed by atoms with Crippen LogP contribution in [0.3, 0.4) is 0 Å². The number of rotatable bonds is 39. The molecule has 1 rings (SSSR count). The molecule has 0 aliphatic heterocycles. The molecule has 0 spiro atoms. The minimum atomic E-state index is -5.04. The summed E-state index contributed by atoms with van der Waals surface area (Å²) in [4.78, 5) is 23.2. The van der Waals surface area contributed by atoms with E-state index in [0.717, 1.165) is 109 Å². The summed E-state index contributed by atoms with van der Waals surface area (Å²) in [6, 6.07) is 0. The Morgan fingerprint density at radius 2 is 0.922 bits per heavy atom. The lowest BCUT2D eigenvalue weighted by Crippen LogP contribution is -2.64. The highest BCUT2D eigenvalue weighted by atomic mass is 31.2. The second kappa shape index (κ2) is 40.5. The van der Waals surface area contributed by atoms with Gasteiger partial charge in [-0.25, -0.2) is 4.57 Å². The summed E-state index contributed by atoms with van der Waals surface area (Å²) in [6.45, 7) is 4.01. The van der Waals surface area contributed by atoms with Crippen molar-refractivity contribution in [3.63, 3.8) is 0 Å². The van der Waals surface area contributed by atoms with E-state index in [4.69, 9.17) is 18.5 Å². The molecule has 1 fully saturated rings. The van der Waals surface area contributed by atoms with Crippen molar-refractivity contribution in [2.24, 2.45) is 0 Å². The van der Waals surface area contributed by atoms with E-state index < -0.39 is 63.1 Å². The van der Waals surface area contributed by atoms with Gasteiger partial charge in [-0.1, -0.05) is 150 Å². The molecule has 366 valence electrons. The van der Waals surface area contributed by atoms with E-state index in [1.165, 1.54) is 19.3 Å². The first kappa shape index (κ1) is 59.3. The molecule has 12 nitrogen and oxygen atoms in total. The fourth-order valence-electron chi connectivity index (χ4n) is 6.62. The molecule has 6 N–H and O–H groups in total. The maximum atomic E-state index is 12.8. The highest BCUT2D eigenvalue weighted by Gasteiger charge is 2.51. The summed E-state index contributed by atoms with van der Waals surface area (Å²) >= 11 is 0. The molecule has 6 atom stereocenters. The SMILES string of the molecule is CC/C=C\C/C=C\C/C=C\C/C=C\C/C=C\C/C=C\CCCCCOCC(COP(=O)(O)OC1C(O)C(O)C(O)C(O)C1O)OC(=O)CCCCCCC/C=C\C/C=C\CCCCC. The van der Waals surface area contributed by atoms with Crippen molar-refractivity contribution in [2.75, 3.05) is 19.8 Å². The first-order chi connectivity index (χ1) is 31.0. The third kappa shape index (κ3) is 32.0. The molecule has 0 radical (unpaired) electrons. The van der Waals surface area contributed by atoms with Crippen LogP contribution in [0.5, 0.6) is 0 Å². The summed E-state index contributed by atoms with van der Waals surface area (Å²) in [7, 11) is -5.04. The Morgan fingerprint density at radius 3 is 1.41 bits per heavy atom. The molecule has 0 saturated heterocycles. The summed E-state index contributed by atoms with van der Waals surface area (Å²) in [6.07, 6.45) is 43.3. The lowest BCUT2D eigenvalue weighted by atomic mass is 9.85. The number of phosphoric acid groups is 1. The Labute approximate surface area is 385 Å².